The molecule has 6 rings (SSSR count). The Kier molecular flexibility index (Phi) is 7.49. The molecule has 6 atom stereocenters. The molecule has 16 heteroatoms. The minimum absolute atomic E-state index is 0.0873. The van der Waals surface area contributed by atoms with Gasteiger partial charge in [-0.25, -0.2) is 23.4 Å². The van der Waals surface area contributed by atoms with Gasteiger partial charge in [0.15, 0.2) is 23.2 Å². The van der Waals surface area contributed by atoms with E-state index in [-0.39, 0.29) is 29.4 Å². The standard InChI is InChI=1S/C27H24ClF5N6O4/c1-3-12-6-16(25(34-7-12)27(31,32)33)39-26(36-11(2)37-39)24-21(41)20(23-22(43-24)17(40)10-42-23)38-9-13(8-35-38)14-4-5-15(28)19(30)18(14)29/h4-9,17,20-24,40-41H,3,10H2,1-2H3/t17?,20?,21-,22?,23+,24+/m0/s1. The average molecular weight is 627 g/mol. The van der Waals surface area contributed by atoms with Crippen LogP contribution in [-0.4, -0.2) is 70.8 Å². The van der Waals surface area contributed by atoms with Crippen molar-refractivity contribution in [2.75, 3.05) is 6.61 Å². The summed E-state index contributed by atoms with van der Waals surface area (Å²) in [5, 5.41) is 30.4. The number of ether oxygens (including phenoxy) is 2. The Morgan fingerprint density at radius 2 is 1.88 bits per heavy atom. The molecule has 2 N–H and O–H groups in total. The lowest BCUT2D eigenvalue weighted by Crippen LogP contribution is -2.52. The van der Waals surface area contributed by atoms with Gasteiger partial charge >= 0.3 is 6.18 Å². The number of nitrogens with zero attached hydrogens (tertiary/aromatic N) is 6. The predicted octanol–water partition coefficient (Wildman–Crippen LogP) is 4.15. The highest BCUT2D eigenvalue weighted by atomic mass is 35.5. The quantitative estimate of drug-likeness (QED) is 0.251. The van der Waals surface area contributed by atoms with Crippen molar-refractivity contribution in [1.29, 1.82) is 0 Å². The van der Waals surface area contributed by atoms with E-state index in [0.717, 1.165) is 10.9 Å². The van der Waals surface area contributed by atoms with Gasteiger partial charge in [0.05, 0.1) is 23.5 Å². The number of alkyl halides is 3. The van der Waals surface area contributed by atoms with Crippen LogP contribution >= 0.6 is 11.6 Å². The van der Waals surface area contributed by atoms with E-state index in [1.54, 1.807) is 6.92 Å². The molecule has 228 valence electrons. The molecule has 4 aromatic rings. The molecular formula is C27H24ClF5N6O4. The number of fused-ring (bicyclic) bond motifs is 1. The third-order valence-corrected chi connectivity index (χ3v) is 7.83. The molecule has 0 bridgehead atoms. The predicted molar refractivity (Wildman–Crippen MR) is 139 cm³/mol. The normalized spacial score (nSPS) is 25.7. The van der Waals surface area contributed by atoms with E-state index in [2.05, 4.69) is 20.2 Å². The van der Waals surface area contributed by atoms with Crippen LogP contribution in [0.25, 0.3) is 16.8 Å². The zero-order valence-corrected chi connectivity index (χ0v) is 23.3. The molecule has 43 heavy (non-hydrogen) atoms. The first-order chi connectivity index (χ1) is 20.4. The summed E-state index contributed by atoms with van der Waals surface area (Å²) in [5.74, 6) is -2.53. The number of pyridine rings is 1. The van der Waals surface area contributed by atoms with Crippen LogP contribution in [0.2, 0.25) is 5.02 Å². The summed E-state index contributed by atoms with van der Waals surface area (Å²) in [4.78, 5) is 7.94. The molecule has 0 saturated carbocycles. The number of aliphatic hydroxyl groups excluding tert-OH is 2. The molecule has 0 spiro atoms. The lowest BCUT2D eigenvalue weighted by molar-refractivity contribution is -0.196. The highest BCUT2D eigenvalue weighted by Gasteiger charge is 2.55. The number of halogens is 6. The van der Waals surface area contributed by atoms with Crippen molar-refractivity contribution in [1.82, 2.24) is 29.5 Å². The Hall–Kier alpha value is -3.50. The second-order valence-corrected chi connectivity index (χ2v) is 10.7. The summed E-state index contributed by atoms with van der Waals surface area (Å²) < 4.78 is 84.9. The lowest BCUT2D eigenvalue weighted by atomic mass is 9.91. The van der Waals surface area contributed by atoms with Crippen LogP contribution in [0.3, 0.4) is 0 Å². The zero-order chi connectivity index (χ0) is 30.8. The summed E-state index contributed by atoms with van der Waals surface area (Å²) in [7, 11) is 0. The highest BCUT2D eigenvalue weighted by molar-refractivity contribution is 6.30. The van der Waals surface area contributed by atoms with E-state index in [4.69, 9.17) is 21.1 Å². The van der Waals surface area contributed by atoms with Gasteiger partial charge in [0.1, 0.15) is 42.4 Å². The van der Waals surface area contributed by atoms with E-state index >= 15 is 0 Å². The molecule has 0 amide bonds. The summed E-state index contributed by atoms with van der Waals surface area (Å²) in [6.45, 7) is 3.06. The van der Waals surface area contributed by atoms with Gasteiger partial charge < -0.3 is 19.7 Å². The average Bonchev–Trinajstić information content (AvgIpc) is 3.69. The van der Waals surface area contributed by atoms with Gasteiger partial charge in [-0.3, -0.25) is 4.68 Å². The van der Waals surface area contributed by atoms with Gasteiger partial charge in [0, 0.05) is 23.5 Å². The van der Waals surface area contributed by atoms with Crippen LogP contribution in [0.5, 0.6) is 0 Å². The second kappa shape index (κ2) is 10.9. The number of rotatable bonds is 5. The van der Waals surface area contributed by atoms with Gasteiger partial charge in [0.2, 0.25) is 0 Å². The Labute approximate surface area is 245 Å². The Morgan fingerprint density at radius 3 is 2.60 bits per heavy atom. The maximum Gasteiger partial charge on any atom is 0.435 e. The summed E-state index contributed by atoms with van der Waals surface area (Å²) in [6, 6.07) is 2.65. The number of aryl methyl sites for hydroxylation is 2. The first-order valence-corrected chi connectivity index (χ1v) is 13.6. The van der Waals surface area contributed by atoms with Gasteiger partial charge in [-0.05, 0) is 37.1 Å². The van der Waals surface area contributed by atoms with Crippen LogP contribution in [0.15, 0.2) is 36.8 Å². The smallest absolute Gasteiger partial charge is 0.388 e. The molecule has 2 fully saturated rings. The van der Waals surface area contributed by atoms with E-state index < -0.39 is 70.8 Å². The second-order valence-electron chi connectivity index (χ2n) is 10.3. The zero-order valence-electron chi connectivity index (χ0n) is 22.5. The Morgan fingerprint density at radius 1 is 1.12 bits per heavy atom. The largest absolute Gasteiger partial charge is 0.435 e. The number of benzene rings is 1. The summed E-state index contributed by atoms with van der Waals surface area (Å²) in [5.41, 5.74) is -1.13. The molecule has 2 aliphatic heterocycles. The number of hydrogen-bond donors (Lipinski definition) is 2. The SMILES string of the molecule is CCc1cnc(C(F)(F)F)c(-n2nc(C)nc2[C@@H]2OC3C(O)CO[C@@H]3C(n3cc(-c4ccc(Cl)c(F)c4F)cn3)[C@@H]2O)c1. The first-order valence-electron chi connectivity index (χ1n) is 13.2. The number of aliphatic hydroxyl groups is 2. The molecule has 3 aromatic heterocycles. The van der Waals surface area contributed by atoms with Crippen molar-refractivity contribution in [3.05, 3.63) is 76.4 Å². The maximum absolute atomic E-state index is 14.7. The van der Waals surface area contributed by atoms with Crippen molar-refractivity contribution in [2.45, 2.75) is 63.0 Å². The topological polar surface area (TPSA) is 120 Å². The fourth-order valence-electron chi connectivity index (χ4n) is 5.47. The molecule has 0 radical (unpaired) electrons. The van der Waals surface area contributed by atoms with Crippen molar-refractivity contribution in [2.24, 2.45) is 0 Å². The van der Waals surface area contributed by atoms with Crippen LogP contribution in [0.1, 0.15) is 42.0 Å². The van der Waals surface area contributed by atoms with Crippen LogP contribution in [0.4, 0.5) is 22.0 Å². The van der Waals surface area contributed by atoms with E-state index in [9.17, 15) is 32.2 Å². The van der Waals surface area contributed by atoms with E-state index in [1.807, 2.05) is 0 Å². The van der Waals surface area contributed by atoms with Crippen LogP contribution in [0, 0.1) is 18.6 Å². The molecule has 2 aliphatic rings. The minimum Gasteiger partial charge on any atom is -0.388 e. The van der Waals surface area contributed by atoms with Crippen LogP contribution in [-0.2, 0) is 22.1 Å². The van der Waals surface area contributed by atoms with Gasteiger partial charge in [-0.1, -0.05) is 18.5 Å². The van der Waals surface area contributed by atoms with Crippen LogP contribution < -0.4 is 0 Å². The van der Waals surface area contributed by atoms with Gasteiger partial charge in [-0.2, -0.15) is 23.4 Å². The monoisotopic (exact) mass is 626 g/mol. The molecule has 3 unspecified atom stereocenters. The summed E-state index contributed by atoms with van der Waals surface area (Å²) >= 11 is 5.68. The Balaban J connectivity index is 1.44. The molecule has 5 heterocycles. The molecular weight excluding hydrogens is 603 g/mol. The maximum atomic E-state index is 14.7. The van der Waals surface area contributed by atoms with Crippen molar-refractivity contribution >= 4 is 11.6 Å². The molecule has 1 aromatic carbocycles. The van der Waals surface area contributed by atoms with Crippen molar-refractivity contribution in [3.63, 3.8) is 0 Å². The number of aromatic nitrogens is 6. The third kappa shape index (κ3) is 5.08. The molecule has 2 saturated heterocycles. The van der Waals surface area contributed by atoms with Crippen molar-refractivity contribution in [3.8, 4) is 16.8 Å². The third-order valence-electron chi connectivity index (χ3n) is 7.54. The molecule has 0 aliphatic carbocycles. The fraction of sp³-hybridized carbons (Fsp3) is 0.407. The minimum atomic E-state index is -4.84. The van der Waals surface area contributed by atoms with E-state index in [1.165, 1.54) is 42.2 Å². The first kappa shape index (κ1) is 29.6. The van der Waals surface area contributed by atoms with E-state index in [0.29, 0.717) is 12.0 Å². The fourth-order valence-corrected chi connectivity index (χ4v) is 5.62. The van der Waals surface area contributed by atoms with Gasteiger partial charge in [0.25, 0.3) is 0 Å². The van der Waals surface area contributed by atoms with Crippen molar-refractivity contribution < 1.29 is 41.6 Å². The lowest BCUT2D eigenvalue weighted by Gasteiger charge is -2.41. The Bertz CT molecular complexity index is 1680. The highest BCUT2D eigenvalue weighted by Crippen LogP contribution is 2.44. The van der Waals surface area contributed by atoms with Gasteiger partial charge in [-0.15, -0.1) is 0 Å². The summed E-state index contributed by atoms with van der Waals surface area (Å²) in [6.07, 6.45) is -6.90. The number of hydrogen-bond acceptors (Lipinski definition) is 8. The molecule has 10 nitrogen and oxygen atoms in total.